The van der Waals surface area contributed by atoms with Gasteiger partial charge in [0.15, 0.2) is 0 Å². The van der Waals surface area contributed by atoms with E-state index in [1.165, 1.54) is 0 Å². The van der Waals surface area contributed by atoms with E-state index in [0.717, 1.165) is 9.26 Å². The number of hydrogen-bond acceptors (Lipinski definition) is 3. The van der Waals surface area contributed by atoms with Crippen LogP contribution >= 0.6 is 22.6 Å². The minimum Gasteiger partial charge on any atom is -0.480 e. The molecule has 0 saturated carbocycles. The third-order valence-corrected chi connectivity index (χ3v) is 2.62. The van der Waals surface area contributed by atoms with Crippen LogP contribution in [-0.2, 0) is 4.79 Å². The molecular formula is C9H11IN2O2. The molecule has 1 rings (SSSR count). The number of nitrogens with zero attached hydrogens (tertiary/aromatic N) is 1. The van der Waals surface area contributed by atoms with Gasteiger partial charge in [0.2, 0.25) is 0 Å². The largest absolute Gasteiger partial charge is 0.480 e. The lowest BCUT2D eigenvalue weighted by Gasteiger charge is -2.18. The number of nitrogen functional groups attached to an aromatic ring is 1. The summed E-state index contributed by atoms with van der Waals surface area (Å²) in [5.41, 5.74) is 7.15. The molecule has 0 atom stereocenters. The molecule has 76 valence electrons. The lowest BCUT2D eigenvalue weighted by atomic mass is 10.2. The van der Waals surface area contributed by atoms with E-state index < -0.39 is 5.97 Å². The summed E-state index contributed by atoms with van der Waals surface area (Å²) in [6, 6.07) is 5.39. The number of benzene rings is 1. The highest BCUT2D eigenvalue weighted by Crippen LogP contribution is 2.23. The zero-order valence-electron chi connectivity index (χ0n) is 7.70. The molecule has 3 N–H and O–H groups in total. The quantitative estimate of drug-likeness (QED) is 0.654. The molecule has 14 heavy (non-hydrogen) atoms. The van der Waals surface area contributed by atoms with Crippen molar-refractivity contribution in [3.8, 4) is 0 Å². The van der Waals surface area contributed by atoms with Gasteiger partial charge in [-0.1, -0.05) is 0 Å². The van der Waals surface area contributed by atoms with Crippen molar-refractivity contribution in [2.45, 2.75) is 0 Å². The lowest BCUT2D eigenvalue weighted by molar-refractivity contribution is -0.135. The van der Waals surface area contributed by atoms with Gasteiger partial charge in [-0.05, 0) is 40.8 Å². The van der Waals surface area contributed by atoms with Gasteiger partial charge in [0.1, 0.15) is 6.54 Å². The fourth-order valence-electron chi connectivity index (χ4n) is 1.12. The van der Waals surface area contributed by atoms with Crippen molar-refractivity contribution < 1.29 is 9.90 Å². The van der Waals surface area contributed by atoms with Gasteiger partial charge in [-0.15, -0.1) is 0 Å². The molecule has 0 heterocycles. The third kappa shape index (κ3) is 2.76. The molecule has 0 fully saturated rings. The standard InChI is InChI=1S/C9H11IN2O2/c1-12(5-9(13)14)8-3-2-6(11)4-7(8)10/h2-4H,5,11H2,1H3,(H,13,14). The van der Waals surface area contributed by atoms with Crippen LogP contribution in [0.1, 0.15) is 0 Å². The van der Waals surface area contributed by atoms with Gasteiger partial charge >= 0.3 is 5.97 Å². The molecule has 1 aromatic carbocycles. The van der Waals surface area contributed by atoms with Crippen LogP contribution in [0, 0.1) is 3.57 Å². The maximum absolute atomic E-state index is 10.5. The minimum absolute atomic E-state index is 0.0140. The number of anilines is 2. The zero-order chi connectivity index (χ0) is 10.7. The molecule has 0 amide bonds. The van der Waals surface area contributed by atoms with Crippen LogP contribution in [0.15, 0.2) is 18.2 Å². The lowest BCUT2D eigenvalue weighted by Crippen LogP contribution is -2.25. The Bertz CT molecular complexity index is 355. The molecule has 0 aliphatic carbocycles. The first-order valence-electron chi connectivity index (χ1n) is 3.98. The number of hydrogen-bond donors (Lipinski definition) is 2. The first kappa shape index (κ1) is 11.1. The van der Waals surface area contributed by atoms with Gasteiger partial charge in [-0.3, -0.25) is 4.79 Å². The summed E-state index contributed by atoms with van der Waals surface area (Å²) in [6.07, 6.45) is 0. The predicted molar refractivity (Wildman–Crippen MR) is 64.5 cm³/mol. The number of likely N-dealkylation sites (N-methyl/N-ethyl adjacent to an activating group) is 1. The Morgan fingerprint density at radius 2 is 2.29 bits per heavy atom. The number of aliphatic carboxylic acids is 1. The van der Waals surface area contributed by atoms with Crippen molar-refractivity contribution >= 4 is 39.9 Å². The highest BCUT2D eigenvalue weighted by molar-refractivity contribution is 14.1. The highest BCUT2D eigenvalue weighted by atomic mass is 127. The molecule has 0 saturated heterocycles. The van der Waals surface area contributed by atoms with Crippen LogP contribution in [0.5, 0.6) is 0 Å². The van der Waals surface area contributed by atoms with Gasteiger partial charge < -0.3 is 15.7 Å². The number of carbonyl (C=O) groups is 1. The highest BCUT2D eigenvalue weighted by Gasteiger charge is 2.08. The van der Waals surface area contributed by atoms with E-state index in [9.17, 15) is 4.79 Å². The van der Waals surface area contributed by atoms with Crippen molar-refractivity contribution in [1.29, 1.82) is 0 Å². The average molecular weight is 306 g/mol. The molecular weight excluding hydrogens is 295 g/mol. The van der Waals surface area contributed by atoms with Crippen molar-refractivity contribution in [2.24, 2.45) is 0 Å². The van der Waals surface area contributed by atoms with Crippen molar-refractivity contribution in [3.05, 3.63) is 21.8 Å². The summed E-state index contributed by atoms with van der Waals surface area (Å²) in [4.78, 5) is 12.2. The minimum atomic E-state index is -0.847. The van der Waals surface area contributed by atoms with Crippen molar-refractivity contribution in [2.75, 3.05) is 24.2 Å². The Morgan fingerprint density at radius 3 is 2.79 bits per heavy atom. The van der Waals surface area contributed by atoms with Gasteiger partial charge in [0.25, 0.3) is 0 Å². The number of halogens is 1. The van der Waals surface area contributed by atoms with Crippen LogP contribution in [0.3, 0.4) is 0 Å². The Morgan fingerprint density at radius 1 is 1.64 bits per heavy atom. The molecule has 0 aromatic heterocycles. The normalized spacial score (nSPS) is 9.86. The number of rotatable bonds is 3. The summed E-state index contributed by atoms with van der Waals surface area (Å²) < 4.78 is 0.950. The summed E-state index contributed by atoms with van der Waals surface area (Å²) in [7, 11) is 1.74. The second-order valence-electron chi connectivity index (χ2n) is 2.96. The predicted octanol–water partition coefficient (Wildman–Crippen LogP) is 1.39. The number of nitrogens with two attached hydrogens (primary N) is 1. The van der Waals surface area contributed by atoms with Crippen LogP contribution in [0.4, 0.5) is 11.4 Å². The van der Waals surface area contributed by atoms with Crippen LogP contribution < -0.4 is 10.6 Å². The van der Waals surface area contributed by atoms with E-state index in [4.69, 9.17) is 10.8 Å². The molecule has 4 nitrogen and oxygen atoms in total. The Balaban J connectivity index is 2.90. The van der Waals surface area contributed by atoms with Crippen LogP contribution in [0.2, 0.25) is 0 Å². The second-order valence-corrected chi connectivity index (χ2v) is 4.12. The molecule has 0 aliphatic rings. The number of carboxylic acid groups (broad SMARTS) is 1. The maximum atomic E-state index is 10.5. The number of carboxylic acids is 1. The molecule has 0 radical (unpaired) electrons. The first-order valence-corrected chi connectivity index (χ1v) is 5.06. The van der Waals surface area contributed by atoms with Gasteiger partial charge in [-0.25, -0.2) is 0 Å². The van der Waals surface area contributed by atoms with Crippen LogP contribution in [-0.4, -0.2) is 24.7 Å². The SMILES string of the molecule is CN(CC(=O)O)c1ccc(N)cc1I. The van der Waals surface area contributed by atoms with Gasteiger partial charge in [0, 0.05) is 16.3 Å². The molecule has 0 spiro atoms. The monoisotopic (exact) mass is 306 g/mol. The van der Waals surface area contributed by atoms with E-state index in [2.05, 4.69) is 22.6 Å². The summed E-state index contributed by atoms with van der Waals surface area (Å²) >= 11 is 2.13. The third-order valence-electron chi connectivity index (χ3n) is 1.76. The fourth-order valence-corrected chi connectivity index (χ4v) is 2.07. The molecule has 0 unspecified atom stereocenters. The van der Waals surface area contributed by atoms with E-state index >= 15 is 0 Å². The van der Waals surface area contributed by atoms with E-state index in [1.807, 2.05) is 12.1 Å². The maximum Gasteiger partial charge on any atom is 0.323 e. The average Bonchev–Trinajstić information content (AvgIpc) is 2.01. The topological polar surface area (TPSA) is 66.6 Å². The summed E-state index contributed by atoms with van der Waals surface area (Å²) in [6.45, 7) is -0.0140. The summed E-state index contributed by atoms with van der Waals surface area (Å²) in [5, 5.41) is 8.62. The summed E-state index contributed by atoms with van der Waals surface area (Å²) in [5.74, 6) is -0.847. The van der Waals surface area contributed by atoms with Gasteiger partial charge in [0.05, 0.1) is 5.69 Å². The van der Waals surface area contributed by atoms with Crippen molar-refractivity contribution in [3.63, 3.8) is 0 Å². The van der Waals surface area contributed by atoms with E-state index in [-0.39, 0.29) is 6.54 Å². The van der Waals surface area contributed by atoms with Crippen LogP contribution in [0.25, 0.3) is 0 Å². The smallest absolute Gasteiger partial charge is 0.323 e. The van der Waals surface area contributed by atoms with Crippen molar-refractivity contribution in [1.82, 2.24) is 0 Å². The zero-order valence-corrected chi connectivity index (χ0v) is 9.85. The first-order chi connectivity index (χ1) is 6.50. The molecule has 0 bridgehead atoms. The van der Waals surface area contributed by atoms with Gasteiger partial charge in [-0.2, -0.15) is 0 Å². The van der Waals surface area contributed by atoms with E-state index in [1.54, 1.807) is 18.0 Å². The molecule has 1 aromatic rings. The fraction of sp³-hybridized carbons (Fsp3) is 0.222. The molecule has 0 aliphatic heterocycles. The molecule has 5 heteroatoms. The Hall–Kier alpha value is -0.980. The Labute approximate surface area is 95.8 Å². The Kier molecular flexibility index (Phi) is 3.56. The van der Waals surface area contributed by atoms with E-state index in [0.29, 0.717) is 5.69 Å². The second kappa shape index (κ2) is 4.50.